The smallest absolute Gasteiger partial charge is 0.339 e. The Labute approximate surface area is 124 Å². The molecule has 6 nitrogen and oxygen atoms in total. The number of nitrogens with two attached hydrogens (primary N) is 2. The van der Waals surface area contributed by atoms with Gasteiger partial charge < -0.3 is 20.9 Å². The third-order valence-electron chi connectivity index (χ3n) is 2.66. The minimum absolute atomic E-state index is 0.0153. The van der Waals surface area contributed by atoms with Gasteiger partial charge in [0.15, 0.2) is 0 Å². The van der Waals surface area contributed by atoms with Crippen molar-refractivity contribution in [2.24, 2.45) is 11.5 Å². The lowest BCUT2D eigenvalue weighted by atomic mass is 10.0. The lowest BCUT2D eigenvalue weighted by molar-refractivity contribution is -0.171. The van der Waals surface area contributed by atoms with E-state index in [1.807, 2.05) is 18.2 Å². The van der Waals surface area contributed by atoms with Gasteiger partial charge in [0.05, 0.1) is 0 Å². The molecule has 0 aliphatic heterocycles. The van der Waals surface area contributed by atoms with Gasteiger partial charge in [-0.15, -0.1) is 0 Å². The first kappa shape index (κ1) is 17.1. The van der Waals surface area contributed by atoms with Gasteiger partial charge in [-0.1, -0.05) is 30.3 Å². The van der Waals surface area contributed by atoms with Crippen LogP contribution in [0, 0.1) is 0 Å². The molecule has 0 bridgehead atoms. The molecule has 21 heavy (non-hydrogen) atoms. The van der Waals surface area contributed by atoms with Gasteiger partial charge in [-0.25, -0.2) is 9.59 Å². The molecule has 0 saturated heterocycles. The van der Waals surface area contributed by atoms with E-state index in [1.54, 1.807) is 32.9 Å². The first-order valence-electron chi connectivity index (χ1n) is 6.62. The van der Waals surface area contributed by atoms with Gasteiger partial charge in [-0.2, -0.15) is 0 Å². The molecule has 0 aliphatic carbocycles. The summed E-state index contributed by atoms with van der Waals surface area (Å²) < 4.78 is 10.2. The van der Waals surface area contributed by atoms with E-state index < -0.39 is 29.6 Å². The Bertz CT molecular complexity index is 496. The van der Waals surface area contributed by atoms with E-state index in [4.69, 9.17) is 20.9 Å². The molecule has 0 aromatic heterocycles. The summed E-state index contributed by atoms with van der Waals surface area (Å²) in [5, 5.41) is 0. The molecule has 0 aliphatic rings. The maximum atomic E-state index is 12.1. The van der Waals surface area contributed by atoms with Crippen LogP contribution in [-0.4, -0.2) is 29.6 Å². The van der Waals surface area contributed by atoms with Crippen molar-refractivity contribution in [1.82, 2.24) is 0 Å². The zero-order valence-corrected chi connectivity index (χ0v) is 12.6. The molecule has 1 aromatic rings. The van der Waals surface area contributed by atoms with Crippen LogP contribution >= 0.6 is 0 Å². The number of carbonyl (C=O) groups is 2. The molecule has 0 fully saturated rings. The standard InChI is InChI=1S/C15H22N2O4/c1-14(2,3)21-13(19)15(17,10-16)12(18)20-9-11-7-5-4-6-8-11/h4-8H,9-10,16-17H2,1-3H3/t15-/m0/s1. The van der Waals surface area contributed by atoms with Crippen LogP contribution in [0.3, 0.4) is 0 Å². The van der Waals surface area contributed by atoms with E-state index in [1.165, 1.54) is 0 Å². The molecule has 0 saturated carbocycles. The zero-order chi connectivity index (χ0) is 16.1. The van der Waals surface area contributed by atoms with Gasteiger partial charge in [0.2, 0.25) is 5.54 Å². The fourth-order valence-corrected chi connectivity index (χ4v) is 1.47. The summed E-state index contributed by atoms with van der Waals surface area (Å²) in [4.78, 5) is 24.1. The van der Waals surface area contributed by atoms with E-state index in [0.29, 0.717) is 0 Å². The molecular formula is C15H22N2O4. The minimum atomic E-state index is -2.00. The fourth-order valence-electron chi connectivity index (χ4n) is 1.47. The van der Waals surface area contributed by atoms with Crippen molar-refractivity contribution >= 4 is 11.9 Å². The van der Waals surface area contributed by atoms with Crippen LogP contribution in [0.15, 0.2) is 30.3 Å². The molecule has 0 unspecified atom stereocenters. The molecule has 0 heterocycles. The predicted octanol–water partition coefficient (Wildman–Crippen LogP) is 0.728. The van der Waals surface area contributed by atoms with Gasteiger partial charge in [-0.3, -0.25) is 0 Å². The minimum Gasteiger partial charge on any atom is -0.459 e. The molecule has 1 rings (SSSR count). The van der Waals surface area contributed by atoms with Crippen LogP contribution in [0.4, 0.5) is 0 Å². The summed E-state index contributed by atoms with van der Waals surface area (Å²) in [5.74, 6) is -1.79. The molecular weight excluding hydrogens is 272 g/mol. The van der Waals surface area contributed by atoms with Crippen molar-refractivity contribution in [1.29, 1.82) is 0 Å². The first-order valence-corrected chi connectivity index (χ1v) is 6.62. The Hall–Kier alpha value is -1.92. The topological polar surface area (TPSA) is 105 Å². The third-order valence-corrected chi connectivity index (χ3v) is 2.66. The monoisotopic (exact) mass is 294 g/mol. The average molecular weight is 294 g/mol. The molecule has 0 radical (unpaired) electrons. The lowest BCUT2D eigenvalue weighted by Crippen LogP contribution is -2.62. The Morgan fingerprint density at radius 2 is 1.67 bits per heavy atom. The second kappa shape index (κ2) is 6.69. The second-order valence-electron chi connectivity index (χ2n) is 5.74. The van der Waals surface area contributed by atoms with E-state index in [9.17, 15) is 9.59 Å². The SMILES string of the molecule is CC(C)(C)OC(=O)[C@](N)(CN)C(=O)OCc1ccccc1. The number of ether oxygens (including phenoxy) is 2. The Kier molecular flexibility index (Phi) is 5.46. The molecule has 0 amide bonds. The first-order chi connectivity index (χ1) is 9.69. The highest BCUT2D eigenvalue weighted by Gasteiger charge is 2.45. The van der Waals surface area contributed by atoms with Crippen molar-refractivity contribution in [3.05, 3.63) is 35.9 Å². The molecule has 1 aromatic carbocycles. The maximum Gasteiger partial charge on any atom is 0.339 e. The summed E-state index contributed by atoms with van der Waals surface area (Å²) >= 11 is 0. The van der Waals surface area contributed by atoms with E-state index >= 15 is 0 Å². The number of benzene rings is 1. The van der Waals surface area contributed by atoms with Gasteiger partial charge in [0, 0.05) is 6.54 Å². The number of rotatable bonds is 5. The summed E-state index contributed by atoms with van der Waals surface area (Å²) in [7, 11) is 0. The summed E-state index contributed by atoms with van der Waals surface area (Å²) in [6.07, 6.45) is 0. The van der Waals surface area contributed by atoms with E-state index in [2.05, 4.69) is 0 Å². The number of carbonyl (C=O) groups excluding carboxylic acids is 2. The fraction of sp³-hybridized carbons (Fsp3) is 0.467. The summed E-state index contributed by atoms with van der Waals surface area (Å²) in [5.41, 5.74) is 9.27. The van der Waals surface area contributed by atoms with E-state index in [0.717, 1.165) is 5.56 Å². The Morgan fingerprint density at radius 3 is 2.14 bits per heavy atom. The van der Waals surface area contributed by atoms with Crippen molar-refractivity contribution in [2.75, 3.05) is 6.54 Å². The largest absolute Gasteiger partial charge is 0.459 e. The van der Waals surface area contributed by atoms with Crippen molar-refractivity contribution < 1.29 is 19.1 Å². The molecule has 0 spiro atoms. The van der Waals surface area contributed by atoms with Crippen LogP contribution in [0.5, 0.6) is 0 Å². The number of esters is 2. The van der Waals surface area contributed by atoms with Gasteiger partial charge in [-0.05, 0) is 26.3 Å². The summed E-state index contributed by atoms with van der Waals surface area (Å²) in [6.45, 7) is 4.66. The van der Waals surface area contributed by atoms with Crippen molar-refractivity contribution in [3.8, 4) is 0 Å². The highest BCUT2D eigenvalue weighted by Crippen LogP contribution is 2.14. The summed E-state index contributed by atoms with van der Waals surface area (Å²) in [6, 6.07) is 9.06. The lowest BCUT2D eigenvalue weighted by Gasteiger charge is -2.28. The molecule has 1 atom stereocenters. The normalized spacial score (nSPS) is 14.1. The Morgan fingerprint density at radius 1 is 1.10 bits per heavy atom. The molecule has 116 valence electrons. The Balaban J connectivity index is 2.73. The molecule has 6 heteroatoms. The predicted molar refractivity (Wildman–Crippen MR) is 78.1 cm³/mol. The van der Waals surface area contributed by atoms with Crippen molar-refractivity contribution in [2.45, 2.75) is 38.5 Å². The maximum absolute atomic E-state index is 12.1. The van der Waals surface area contributed by atoms with Crippen molar-refractivity contribution in [3.63, 3.8) is 0 Å². The van der Waals surface area contributed by atoms with Crippen LogP contribution in [0.25, 0.3) is 0 Å². The highest BCUT2D eigenvalue weighted by atomic mass is 16.6. The quantitative estimate of drug-likeness (QED) is 0.612. The zero-order valence-electron chi connectivity index (χ0n) is 12.6. The van der Waals surface area contributed by atoms with Crippen LogP contribution in [0.2, 0.25) is 0 Å². The number of hydrogen-bond donors (Lipinski definition) is 2. The average Bonchev–Trinajstić information content (AvgIpc) is 2.43. The van der Waals surface area contributed by atoms with Crippen LogP contribution < -0.4 is 11.5 Å². The van der Waals surface area contributed by atoms with Gasteiger partial charge >= 0.3 is 11.9 Å². The van der Waals surface area contributed by atoms with Crippen LogP contribution in [0.1, 0.15) is 26.3 Å². The van der Waals surface area contributed by atoms with E-state index in [-0.39, 0.29) is 6.61 Å². The molecule has 4 N–H and O–H groups in total. The number of hydrogen-bond acceptors (Lipinski definition) is 6. The van der Waals surface area contributed by atoms with Gasteiger partial charge in [0.1, 0.15) is 12.2 Å². The highest BCUT2D eigenvalue weighted by molar-refractivity contribution is 6.05. The third kappa shape index (κ3) is 4.84. The van der Waals surface area contributed by atoms with Crippen LogP contribution in [-0.2, 0) is 25.7 Å². The van der Waals surface area contributed by atoms with Gasteiger partial charge in [0.25, 0.3) is 0 Å². The second-order valence-corrected chi connectivity index (χ2v) is 5.74.